The van der Waals surface area contributed by atoms with Gasteiger partial charge in [-0.2, -0.15) is 5.26 Å². The third-order valence-corrected chi connectivity index (χ3v) is 9.34. The Kier molecular flexibility index (Phi) is 7.38. The summed E-state index contributed by atoms with van der Waals surface area (Å²) in [5.74, 6) is 1.16. The smallest absolute Gasteiger partial charge is 0.335 e. The molecule has 2 N–H and O–H groups in total. The number of carbonyl (C=O) groups is 1. The number of piperidine rings is 1. The summed E-state index contributed by atoms with van der Waals surface area (Å²) in [6, 6.07) is 18.4. The third kappa shape index (κ3) is 5.21. The lowest BCUT2D eigenvalue weighted by atomic mass is 9.75. The second-order valence-corrected chi connectivity index (χ2v) is 13.0. The number of nitrogen functional groups attached to an aromatic ring is 1. The number of imidazole rings is 1. The molecule has 3 aliphatic rings. The molecule has 236 valence electrons. The minimum Gasteiger partial charge on any atom is -0.457 e. The van der Waals surface area contributed by atoms with Crippen molar-refractivity contribution in [3.8, 4) is 23.3 Å². The van der Waals surface area contributed by atoms with Crippen molar-refractivity contribution in [2.45, 2.75) is 38.3 Å². The second kappa shape index (κ2) is 11.4. The van der Waals surface area contributed by atoms with Gasteiger partial charge in [0.1, 0.15) is 35.0 Å². The van der Waals surface area contributed by atoms with Crippen LogP contribution in [0.1, 0.15) is 32.7 Å². The molecule has 3 saturated heterocycles. The number of aromatic nitrogens is 4. The summed E-state index contributed by atoms with van der Waals surface area (Å²) in [7, 11) is 0. The van der Waals surface area contributed by atoms with Crippen LogP contribution < -0.4 is 16.2 Å². The number of nitrogens with zero attached hydrogens (tertiary/aromatic N) is 7. The van der Waals surface area contributed by atoms with Crippen molar-refractivity contribution in [2.24, 2.45) is 5.41 Å². The summed E-state index contributed by atoms with van der Waals surface area (Å²) < 4.78 is 14.4. The number of nitriles is 1. The zero-order chi connectivity index (χ0) is 32.1. The Morgan fingerprint density at radius 2 is 1.83 bits per heavy atom. The molecule has 1 atom stereocenters. The molecule has 1 amide bonds. The SMILES string of the molecule is CC(C)(C=C(C#N)C(=O)N1CCCC(n2c(=O)n(-c3ccc(Oc4ccccc4)cc3)c3c(N)ncnc32)C1)N1CC2(COC2)C1. The zero-order valence-electron chi connectivity index (χ0n) is 25.9. The Bertz CT molecular complexity index is 1910. The standard InChI is InChI=1S/C34H36N8O4/c1-33(2,40-18-34(19-40)20-45-21-34)15-23(16-35)31(43)39-14-6-7-25(17-39)42-30-28(29(36)37-22-38-30)41(32(42)44)24-10-12-27(13-11-24)46-26-8-4-3-5-9-26/h3-5,8-13,15,22,25H,6-7,14,17-21H2,1-2H3,(H2,36,37,38). The first-order valence-corrected chi connectivity index (χ1v) is 15.5. The molecule has 12 heteroatoms. The Hall–Kier alpha value is -4.99. The highest BCUT2D eigenvalue weighted by molar-refractivity contribution is 5.97. The van der Waals surface area contributed by atoms with Gasteiger partial charge in [0.2, 0.25) is 0 Å². The number of benzene rings is 2. The number of anilines is 1. The lowest BCUT2D eigenvalue weighted by Crippen LogP contribution is -2.70. The van der Waals surface area contributed by atoms with E-state index < -0.39 is 5.54 Å². The van der Waals surface area contributed by atoms with Gasteiger partial charge in [0.05, 0.1) is 24.9 Å². The van der Waals surface area contributed by atoms with Gasteiger partial charge in [0.15, 0.2) is 11.5 Å². The quantitative estimate of drug-likeness (QED) is 0.242. The maximum Gasteiger partial charge on any atom is 0.335 e. The molecule has 1 unspecified atom stereocenters. The number of likely N-dealkylation sites (tertiary alicyclic amines) is 2. The topological polar surface area (TPSA) is 145 Å². The van der Waals surface area contributed by atoms with E-state index in [4.69, 9.17) is 15.2 Å². The van der Waals surface area contributed by atoms with Crippen molar-refractivity contribution in [2.75, 3.05) is 45.1 Å². The molecule has 7 rings (SSSR count). The molecule has 0 radical (unpaired) electrons. The number of hydrogen-bond donors (Lipinski definition) is 1. The van der Waals surface area contributed by atoms with E-state index in [2.05, 4.69) is 20.9 Å². The molecule has 1 spiro atoms. The van der Waals surface area contributed by atoms with E-state index in [1.165, 1.54) is 10.9 Å². The van der Waals surface area contributed by atoms with Crippen LogP contribution in [0, 0.1) is 16.7 Å². The zero-order valence-corrected chi connectivity index (χ0v) is 25.9. The number of ether oxygens (including phenoxy) is 2. The van der Waals surface area contributed by atoms with Gasteiger partial charge in [-0.15, -0.1) is 0 Å². The normalized spacial score (nSPS) is 19.8. The average molecular weight is 621 g/mol. The lowest BCUT2D eigenvalue weighted by molar-refractivity contribution is -0.204. The summed E-state index contributed by atoms with van der Waals surface area (Å²) in [6.07, 6.45) is 4.45. The van der Waals surface area contributed by atoms with E-state index in [-0.39, 0.29) is 41.0 Å². The highest BCUT2D eigenvalue weighted by atomic mass is 16.5. The number of amides is 1. The first kappa shape index (κ1) is 29.7. The van der Waals surface area contributed by atoms with E-state index in [1.54, 1.807) is 39.8 Å². The van der Waals surface area contributed by atoms with Gasteiger partial charge in [-0.25, -0.2) is 14.8 Å². The number of para-hydroxylation sites is 1. The number of fused-ring (bicyclic) bond motifs is 1. The van der Waals surface area contributed by atoms with E-state index in [1.807, 2.05) is 44.2 Å². The van der Waals surface area contributed by atoms with E-state index in [0.29, 0.717) is 47.7 Å². The molecule has 0 aliphatic carbocycles. The Labute approximate surface area is 266 Å². The van der Waals surface area contributed by atoms with Crippen LogP contribution in [0.3, 0.4) is 0 Å². The summed E-state index contributed by atoms with van der Waals surface area (Å²) >= 11 is 0. The van der Waals surface area contributed by atoms with Gasteiger partial charge in [-0.3, -0.25) is 18.8 Å². The van der Waals surface area contributed by atoms with Crippen LogP contribution in [-0.2, 0) is 9.53 Å². The molecule has 4 aromatic rings. The van der Waals surface area contributed by atoms with Crippen LogP contribution in [0.4, 0.5) is 5.82 Å². The molecule has 3 aliphatic heterocycles. The van der Waals surface area contributed by atoms with E-state index in [0.717, 1.165) is 26.3 Å². The van der Waals surface area contributed by atoms with Crippen LogP contribution in [0.25, 0.3) is 16.9 Å². The fraction of sp³-hybridized carbons (Fsp3) is 0.382. The van der Waals surface area contributed by atoms with Gasteiger partial charge in [0, 0.05) is 37.1 Å². The molecule has 2 aromatic heterocycles. The number of hydrogen-bond acceptors (Lipinski definition) is 9. The molecular formula is C34H36N8O4. The fourth-order valence-corrected chi connectivity index (χ4v) is 6.77. The molecule has 46 heavy (non-hydrogen) atoms. The third-order valence-electron chi connectivity index (χ3n) is 9.34. The van der Waals surface area contributed by atoms with Crippen molar-refractivity contribution in [3.05, 3.63) is 83.1 Å². The highest BCUT2D eigenvalue weighted by Crippen LogP contribution is 2.42. The van der Waals surface area contributed by atoms with Gasteiger partial charge < -0.3 is 20.1 Å². The van der Waals surface area contributed by atoms with Gasteiger partial charge >= 0.3 is 5.69 Å². The highest BCUT2D eigenvalue weighted by Gasteiger charge is 2.52. The second-order valence-electron chi connectivity index (χ2n) is 13.0. The van der Waals surface area contributed by atoms with Gasteiger partial charge in [-0.1, -0.05) is 18.2 Å². The molecule has 0 saturated carbocycles. The Balaban J connectivity index is 1.16. The summed E-state index contributed by atoms with van der Waals surface area (Å²) in [6.45, 7) is 8.11. The minimum atomic E-state index is -0.461. The molecular weight excluding hydrogens is 584 g/mol. The summed E-state index contributed by atoms with van der Waals surface area (Å²) in [4.78, 5) is 40.5. The molecule has 0 bridgehead atoms. The molecule has 3 fully saturated rings. The average Bonchev–Trinajstić information content (AvgIpc) is 3.32. The predicted molar refractivity (Wildman–Crippen MR) is 172 cm³/mol. The molecule has 2 aromatic carbocycles. The first-order chi connectivity index (χ1) is 22.2. The van der Waals surface area contributed by atoms with Crippen molar-refractivity contribution < 1.29 is 14.3 Å². The van der Waals surface area contributed by atoms with E-state index in [9.17, 15) is 14.9 Å². The van der Waals surface area contributed by atoms with Gasteiger partial charge in [-0.05, 0) is 69.2 Å². The maximum atomic E-state index is 14.2. The number of rotatable bonds is 7. The maximum absolute atomic E-state index is 14.2. The first-order valence-electron chi connectivity index (χ1n) is 15.5. The molecule has 12 nitrogen and oxygen atoms in total. The predicted octanol–water partition coefficient (Wildman–Crippen LogP) is 3.68. The van der Waals surface area contributed by atoms with Crippen LogP contribution in [0.5, 0.6) is 11.5 Å². The van der Waals surface area contributed by atoms with Crippen LogP contribution in [0.15, 0.2) is 77.4 Å². The monoisotopic (exact) mass is 620 g/mol. The lowest BCUT2D eigenvalue weighted by Gasteiger charge is -2.59. The number of carbonyl (C=O) groups excluding carboxylic acids is 1. The molecule has 5 heterocycles. The largest absolute Gasteiger partial charge is 0.457 e. The van der Waals surface area contributed by atoms with Crippen molar-refractivity contribution in [1.82, 2.24) is 28.9 Å². The van der Waals surface area contributed by atoms with Crippen molar-refractivity contribution >= 4 is 22.9 Å². The van der Waals surface area contributed by atoms with Crippen molar-refractivity contribution in [3.63, 3.8) is 0 Å². The minimum absolute atomic E-state index is 0.107. The van der Waals surface area contributed by atoms with Crippen LogP contribution >= 0.6 is 0 Å². The van der Waals surface area contributed by atoms with Crippen LogP contribution in [0.2, 0.25) is 0 Å². The summed E-state index contributed by atoms with van der Waals surface area (Å²) in [5.41, 5.74) is 7.24. The number of nitrogens with two attached hydrogens (primary N) is 1. The van der Waals surface area contributed by atoms with Crippen molar-refractivity contribution in [1.29, 1.82) is 5.26 Å². The Morgan fingerprint density at radius 1 is 1.11 bits per heavy atom. The van der Waals surface area contributed by atoms with E-state index >= 15 is 0 Å². The Morgan fingerprint density at radius 3 is 2.50 bits per heavy atom. The summed E-state index contributed by atoms with van der Waals surface area (Å²) in [5, 5.41) is 10.1. The van der Waals surface area contributed by atoms with Gasteiger partial charge in [0.25, 0.3) is 5.91 Å². The van der Waals surface area contributed by atoms with Crippen LogP contribution in [-0.4, -0.2) is 79.7 Å². The fourth-order valence-electron chi connectivity index (χ4n) is 6.77.